The van der Waals surface area contributed by atoms with E-state index in [0.717, 1.165) is 5.56 Å². The third-order valence-electron chi connectivity index (χ3n) is 3.49. The van der Waals surface area contributed by atoms with E-state index in [1.54, 1.807) is 12.1 Å². The van der Waals surface area contributed by atoms with E-state index in [-0.39, 0.29) is 10.7 Å². The molecule has 0 bridgehead atoms. The number of nitrogens with one attached hydrogen (secondary N) is 1. The fourth-order valence-corrected chi connectivity index (χ4v) is 3.13. The molecule has 0 saturated carbocycles. The van der Waals surface area contributed by atoms with Gasteiger partial charge in [0.1, 0.15) is 5.15 Å². The number of halogens is 2. The zero-order valence-corrected chi connectivity index (χ0v) is 16.3. The Morgan fingerprint density at radius 3 is 2.63 bits per heavy atom. The molecule has 138 valence electrons. The molecule has 0 radical (unpaired) electrons. The zero-order valence-electron chi connectivity index (χ0n) is 14.0. The fourth-order valence-electron chi connectivity index (χ4n) is 2.10. The van der Waals surface area contributed by atoms with Crippen molar-refractivity contribution in [2.45, 2.75) is 13.0 Å². The molecule has 27 heavy (non-hydrogen) atoms. The summed E-state index contributed by atoms with van der Waals surface area (Å²) in [6, 6.07) is 10.0. The molecule has 0 saturated heterocycles. The molecule has 3 aromatic rings. The lowest BCUT2D eigenvalue weighted by Crippen LogP contribution is -2.30. The van der Waals surface area contributed by atoms with Crippen molar-refractivity contribution in [2.75, 3.05) is 5.32 Å². The standard InChI is InChI=1S/C18H13Cl2N3O3S/c1-10(26-17(25)12-6-7-21-15(20)8-12)16(24)23-18-22-14(9-27-18)11-2-4-13(19)5-3-11/h2-10H,1H3,(H,22,23,24). The number of aromatic nitrogens is 2. The quantitative estimate of drug-likeness (QED) is 0.476. The lowest BCUT2D eigenvalue weighted by molar-refractivity contribution is -0.123. The van der Waals surface area contributed by atoms with Crippen LogP contribution < -0.4 is 5.32 Å². The summed E-state index contributed by atoms with van der Waals surface area (Å²) in [5.74, 6) is -1.15. The van der Waals surface area contributed by atoms with Crippen molar-refractivity contribution < 1.29 is 14.3 Å². The van der Waals surface area contributed by atoms with Crippen LogP contribution >= 0.6 is 34.5 Å². The topological polar surface area (TPSA) is 81.2 Å². The van der Waals surface area contributed by atoms with Crippen molar-refractivity contribution in [3.63, 3.8) is 0 Å². The lowest BCUT2D eigenvalue weighted by atomic mass is 10.2. The van der Waals surface area contributed by atoms with Crippen LogP contribution in [0.5, 0.6) is 0 Å². The average Bonchev–Trinajstić information content (AvgIpc) is 3.10. The highest BCUT2D eigenvalue weighted by Crippen LogP contribution is 2.26. The summed E-state index contributed by atoms with van der Waals surface area (Å²) >= 11 is 12.9. The molecule has 0 fully saturated rings. The van der Waals surface area contributed by atoms with E-state index < -0.39 is 18.0 Å². The molecule has 2 aromatic heterocycles. The van der Waals surface area contributed by atoms with Gasteiger partial charge in [-0.3, -0.25) is 10.1 Å². The molecule has 0 aliphatic heterocycles. The van der Waals surface area contributed by atoms with Crippen molar-refractivity contribution in [3.8, 4) is 11.3 Å². The third-order valence-corrected chi connectivity index (χ3v) is 4.71. The van der Waals surface area contributed by atoms with Gasteiger partial charge in [-0.2, -0.15) is 0 Å². The first-order chi connectivity index (χ1) is 12.9. The van der Waals surface area contributed by atoms with Crippen LogP contribution in [0.3, 0.4) is 0 Å². The number of nitrogens with zero attached hydrogens (tertiary/aromatic N) is 2. The molecule has 9 heteroatoms. The van der Waals surface area contributed by atoms with E-state index in [4.69, 9.17) is 27.9 Å². The minimum Gasteiger partial charge on any atom is -0.449 e. The molecule has 1 amide bonds. The van der Waals surface area contributed by atoms with E-state index in [2.05, 4.69) is 15.3 Å². The molecule has 3 rings (SSSR count). The second-order valence-corrected chi connectivity index (χ2v) is 7.13. The van der Waals surface area contributed by atoms with E-state index in [0.29, 0.717) is 15.8 Å². The molecular weight excluding hydrogens is 409 g/mol. The highest BCUT2D eigenvalue weighted by molar-refractivity contribution is 7.14. The maximum absolute atomic E-state index is 12.3. The third kappa shape index (κ3) is 5.03. The Morgan fingerprint density at radius 1 is 1.19 bits per heavy atom. The Labute approximate surface area is 169 Å². The molecule has 1 aromatic carbocycles. The largest absolute Gasteiger partial charge is 0.449 e. The predicted molar refractivity (Wildman–Crippen MR) is 105 cm³/mol. The van der Waals surface area contributed by atoms with Crippen molar-refractivity contribution in [1.29, 1.82) is 0 Å². The lowest BCUT2D eigenvalue weighted by Gasteiger charge is -2.12. The van der Waals surface area contributed by atoms with Gasteiger partial charge in [0.05, 0.1) is 11.3 Å². The Balaban J connectivity index is 1.61. The van der Waals surface area contributed by atoms with E-state index >= 15 is 0 Å². The van der Waals surface area contributed by atoms with Gasteiger partial charge in [-0.25, -0.2) is 14.8 Å². The normalized spacial score (nSPS) is 11.7. The second-order valence-electron chi connectivity index (χ2n) is 5.45. The number of anilines is 1. The van der Waals surface area contributed by atoms with Gasteiger partial charge in [-0.1, -0.05) is 35.3 Å². The van der Waals surface area contributed by atoms with E-state index in [1.165, 1.54) is 36.6 Å². The van der Waals surface area contributed by atoms with Gasteiger partial charge in [0.2, 0.25) is 0 Å². The summed E-state index contributed by atoms with van der Waals surface area (Å²) in [4.78, 5) is 32.5. The van der Waals surface area contributed by atoms with Crippen LogP contribution in [-0.2, 0) is 9.53 Å². The first-order valence-electron chi connectivity index (χ1n) is 7.77. The average molecular weight is 422 g/mol. The number of amides is 1. The SMILES string of the molecule is CC(OC(=O)c1ccnc(Cl)c1)C(=O)Nc1nc(-c2ccc(Cl)cc2)cs1. The van der Waals surface area contributed by atoms with Gasteiger partial charge in [-0.05, 0) is 31.2 Å². The van der Waals surface area contributed by atoms with Gasteiger partial charge in [0.25, 0.3) is 5.91 Å². The van der Waals surface area contributed by atoms with Crippen LogP contribution in [-0.4, -0.2) is 27.9 Å². The van der Waals surface area contributed by atoms with Gasteiger partial charge >= 0.3 is 5.97 Å². The van der Waals surface area contributed by atoms with Crippen molar-refractivity contribution in [1.82, 2.24) is 9.97 Å². The number of hydrogen-bond acceptors (Lipinski definition) is 6. The predicted octanol–water partition coefficient (Wildman–Crippen LogP) is 4.70. The number of rotatable bonds is 5. The summed E-state index contributed by atoms with van der Waals surface area (Å²) in [5.41, 5.74) is 1.81. The number of carbonyl (C=O) groups is 2. The first-order valence-corrected chi connectivity index (χ1v) is 9.41. The first kappa shape index (κ1) is 19.3. The highest BCUT2D eigenvalue weighted by Gasteiger charge is 2.20. The molecular formula is C18H13Cl2N3O3S. The van der Waals surface area contributed by atoms with E-state index in [1.807, 2.05) is 17.5 Å². The Bertz CT molecular complexity index is 976. The molecule has 1 atom stereocenters. The zero-order chi connectivity index (χ0) is 19.4. The molecule has 1 N–H and O–H groups in total. The van der Waals surface area contributed by atoms with Crippen LogP contribution in [0.2, 0.25) is 10.2 Å². The smallest absolute Gasteiger partial charge is 0.339 e. The van der Waals surface area contributed by atoms with Crippen LogP contribution in [0.1, 0.15) is 17.3 Å². The summed E-state index contributed by atoms with van der Waals surface area (Å²) < 4.78 is 5.15. The summed E-state index contributed by atoms with van der Waals surface area (Å²) in [7, 11) is 0. The van der Waals surface area contributed by atoms with Gasteiger partial charge in [0, 0.05) is 22.2 Å². The number of hydrogen-bond donors (Lipinski definition) is 1. The summed E-state index contributed by atoms with van der Waals surface area (Å²) in [5, 5.41) is 5.65. The summed E-state index contributed by atoms with van der Waals surface area (Å²) in [6.07, 6.45) is 0.379. The van der Waals surface area contributed by atoms with Crippen molar-refractivity contribution >= 4 is 51.5 Å². The Hall–Kier alpha value is -2.48. The van der Waals surface area contributed by atoms with E-state index in [9.17, 15) is 9.59 Å². The molecule has 6 nitrogen and oxygen atoms in total. The number of ether oxygens (including phenoxy) is 1. The van der Waals surface area contributed by atoms with Crippen LogP contribution in [0.15, 0.2) is 48.0 Å². The van der Waals surface area contributed by atoms with Gasteiger partial charge in [0.15, 0.2) is 11.2 Å². The number of thiazole rings is 1. The highest BCUT2D eigenvalue weighted by atomic mass is 35.5. The number of esters is 1. The molecule has 2 heterocycles. The van der Waals surface area contributed by atoms with Crippen molar-refractivity contribution in [3.05, 3.63) is 63.7 Å². The fraction of sp³-hybridized carbons (Fsp3) is 0.111. The second kappa shape index (κ2) is 8.47. The molecule has 1 unspecified atom stereocenters. The molecule has 0 aliphatic rings. The maximum Gasteiger partial charge on any atom is 0.339 e. The van der Waals surface area contributed by atoms with Gasteiger partial charge in [-0.15, -0.1) is 11.3 Å². The minimum atomic E-state index is -1.01. The molecule has 0 aliphatic carbocycles. The monoisotopic (exact) mass is 421 g/mol. The maximum atomic E-state index is 12.3. The Kier molecular flexibility index (Phi) is 6.05. The molecule has 0 spiro atoms. The Morgan fingerprint density at radius 2 is 1.93 bits per heavy atom. The summed E-state index contributed by atoms with van der Waals surface area (Å²) in [6.45, 7) is 1.48. The van der Waals surface area contributed by atoms with Crippen LogP contribution in [0.4, 0.5) is 5.13 Å². The van der Waals surface area contributed by atoms with Crippen molar-refractivity contribution in [2.24, 2.45) is 0 Å². The van der Waals surface area contributed by atoms with Crippen LogP contribution in [0, 0.1) is 0 Å². The number of benzene rings is 1. The number of pyridine rings is 1. The minimum absolute atomic E-state index is 0.166. The van der Waals surface area contributed by atoms with Gasteiger partial charge < -0.3 is 4.74 Å². The van der Waals surface area contributed by atoms with Crippen LogP contribution in [0.25, 0.3) is 11.3 Å². The number of carbonyl (C=O) groups excluding carboxylic acids is 2.